The number of carbonyl (C=O) groups is 1. The average molecular weight is 243 g/mol. The lowest BCUT2D eigenvalue weighted by Gasteiger charge is -2.46. The second-order valence-corrected chi connectivity index (χ2v) is 6.38. The standard InChI is InChI=1S/C16H21NO/c1-11-6-4-9-13-15(11)17(12-7-5-8-12)14(18)10-16(13,2)3/h4,6,9,12H,5,7-8,10H2,1-3H3. The van der Waals surface area contributed by atoms with E-state index in [0.29, 0.717) is 18.4 Å². The van der Waals surface area contributed by atoms with Crippen molar-refractivity contribution in [1.29, 1.82) is 0 Å². The zero-order valence-electron chi connectivity index (χ0n) is 11.5. The smallest absolute Gasteiger partial charge is 0.228 e. The molecule has 2 aliphatic rings. The first-order valence-electron chi connectivity index (χ1n) is 6.93. The normalized spacial score (nSPS) is 22.6. The number of fused-ring (bicyclic) bond motifs is 1. The molecule has 1 amide bonds. The lowest BCUT2D eigenvalue weighted by atomic mass is 9.75. The van der Waals surface area contributed by atoms with Gasteiger partial charge in [0.1, 0.15) is 0 Å². The molecule has 1 aromatic rings. The van der Waals surface area contributed by atoms with Crippen molar-refractivity contribution in [2.75, 3.05) is 4.90 Å². The minimum Gasteiger partial charge on any atom is -0.309 e. The summed E-state index contributed by atoms with van der Waals surface area (Å²) in [4.78, 5) is 14.6. The van der Waals surface area contributed by atoms with Crippen molar-refractivity contribution in [2.24, 2.45) is 0 Å². The lowest BCUT2D eigenvalue weighted by molar-refractivity contribution is -0.121. The highest BCUT2D eigenvalue weighted by Crippen LogP contribution is 2.45. The van der Waals surface area contributed by atoms with E-state index in [9.17, 15) is 4.79 Å². The molecule has 3 rings (SSSR count). The predicted octanol–water partition coefficient (Wildman–Crippen LogP) is 3.56. The molecule has 1 fully saturated rings. The molecule has 0 saturated heterocycles. The number of rotatable bonds is 1. The fourth-order valence-electron chi connectivity index (χ4n) is 3.24. The molecule has 1 aromatic carbocycles. The summed E-state index contributed by atoms with van der Waals surface area (Å²) in [7, 11) is 0. The summed E-state index contributed by atoms with van der Waals surface area (Å²) in [5.41, 5.74) is 3.75. The maximum Gasteiger partial charge on any atom is 0.228 e. The molecule has 0 atom stereocenters. The highest BCUT2D eigenvalue weighted by Gasteiger charge is 2.41. The first kappa shape index (κ1) is 11.8. The van der Waals surface area contributed by atoms with E-state index in [0.717, 1.165) is 0 Å². The van der Waals surface area contributed by atoms with Crippen molar-refractivity contribution in [3.05, 3.63) is 29.3 Å². The number of nitrogens with zero attached hydrogens (tertiary/aromatic N) is 1. The monoisotopic (exact) mass is 243 g/mol. The van der Waals surface area contributed by atoms with Gasteiger partial charge in [-0.15, -0.1) is 0 Å². The van der Waals surface area contributed by atoms with E-state index in [1.54, 1.807) is 0 Å². The van der Waals surface area contributed by atoms with E-state index in [-0.39, 0.29) is 5.41 Å². The molecule has 96 valence electrons. The first-order valence-corrected chi connectivity index (χ1v) is 6.93. The minimum atomic E-state index is -0.0291. The van der Waals surface area contributed by atoms with Gasteiger partial charge in [0.15, 0.2) is 0 Å². The Labute approximate surface area is 109 Å². The van der Waals surface area contributed by atoms with Crippen LogP contribution in [0, 0.1) is 6.92 Å². The molecule has 1 heterocycles. The summed E-state index contributed by atoms with van der Waals surface area (Å²) in [5.74, 6) is 0.312. The average Bonchev–Trinajstić information content (AvgIpc) is 2.21. The van der Waals surface area contributed by atoms with Gasteiger partial charge in [-0.3, -0.25) is 4.79 Å². The molecule has 1 aliphatic heterocycles. The summed E-state index contributed by atoms with van der Waals surface area (Å²) in [6.45, 7) is 6.49. The number of aryl methyl sites for hydroxylation is 1. The van der Waals surface area contributed by atoms with Gasteiger partial charge in [-0.05, 0) is 37.3 Å². The Morgan fingerprint density at radius 1 is 1.28 bits per heavy atom. The van der Waals surface area contributed by atoms with Crippen LogP contribution in [0.4, 0.5) is 5.69 Å². The Balaban J connectivity index is 2.16. The summed E-state index contributed by atoms with van der Waals surface area (Å²) in [6.07, 6.45) is 4.24. The Kier molecular flexibility index (Phi) is 2.51. The number of para-hydroxylation sites is 1. The van der Waals surface area contributed by atoms with Crippen LogP contribution >= 0.6 is 0 Å². The fourth-order valence-corrected chi connectivity index (χ4v) is 3.24. The van der Waals surface area contributed by atoms with E-state index >= 15 is 0 Å². The van der Waals surface area contributed by atoms with Gasteiger partial charge in [-0.1, -0.05) is 32.0 Å². The van der Waals surface area contributed by atoms with Crippen molar-refractivity contribution in [3.8, 4) is 0 Å². The topological polar surface area (TPSA) is 20.3 Å². The first-order chi connectivity index (χ1) is 8.50. The predicted molar refractivity (Wildman–Crippen MR) is 73.9 cm³/mol. The van der Waals surface area contributed by atoms with Gasteiger partial charge in [0.05, 0.1) is 5.69 Å². The largest absolute Gasteiger partial charge is 0.309 e. The molecular weight excluding hydrogens is 222 g/mol. The van der Waals surface area contributed by atoms with Crippen LogP contribution in [0.5, 0.6) is 0 Å². The number of amides is 1. The quantitative estimate of drug-likeness (QED) is 0.738. The van der Waals surface area contributed by atoms with E-state index in [4.69, 9.17) is 0 Å². The Morgan fingerprint density at radius 2 is 2.00 bits per heavy atom. The lowest BCUT2D eigenvalue weighted by Crippen LogP contribution is -2.50. The van der Waals surface area contributed by atoms with Crippen molar-refractivity contribution in [2.45, 2.75) is 57.9 Å². The highest BCUT2D eigenvalue weighted by molar-refractivity contribution is 5.99. The molecule has 0 radical (unpaired) electrons. The van der Waals surface area contributed by atoms with Crippen LogP contribution in [-0.4, -0.2) is 11.9 Å². The molecule has 2 nitrogen and oxygen atoms in total. The number of hydrogen-bond donors (Lipinski definition) is 0. The molecule has 0 spiro atoms. The molecular formula is C16H21NO. The van der Waals surface area contributed by atoms with Crippen LogP contribution in [0.15, 0.2) is 18.2 Å². The third-order valence-electron chi connectivity index (χ3n) is 4.51. The van der Waals surface area contributed by atoms with Crippen LogP contribution in [0.2, 0.25) is 0 Å². The highest BCUT2D eigenvalue weighted by atomic mass is 16.2. The van der Waals surface area contributed by atoms with Gasteiger partial charge in [0.2, 0.25) is 5.91 Å². The van der Waals surface area contributed by atoms with Gasteiger partial charge in [0.25, 0.3) is 0 Å². The Bertz CT molecular complexity index is 500. The SMILES string of the molecule is Cc1cccc2c1N(C1CCC1)C(=O)CC2(C)C. The van der Waals surface area contributed by atoms with Gasteiger partial charge in [-0.25, -0.2) is 0 Å². The molecule has 1 saturated carbocycles. The summed E-state index contributed by atoms with van der Waals surface area (Å²) < 4.78 is 0. The van der Waals surface area contributed by atoms with Crippen LogP contribution in [0.3, 0.4) is 0 Å². The summed E-state index contributed by atoms with van der Waals surface area (Å²) in [6, 6.07) is 6.89. The molecule has 0 bridgehead atoms. The number of hydrogen-bond acceptors (Lipinski definition) is 1. The number of anilines is 1. The Hall–Kier alpha value is -1.31. The van der Waals surface area contributed by atoms with E-state index in [1.165, 1.54) is 36.1 Å². The third kappa shape index (κ3) is 1.58. The maximum absolute atomic E-state index is 12.5. The number of carbonyl (C=O) groups excluding carboxylic acids is 1. The van der Waals surface area contributed by atoms with Crippen LogP contribution < -0.4 is 4.90 Å². The van der Waals surface area contributed by atoms with Crippen molar-refractivity contribution in [3.63, 3.8) is 0 Å². The van der Waals surface area contributed by atoms with Gasteiger partial charge < -0.3 is 4.90 Å². The second-order valence-electron chi connectivity index (χ2n) is 6.38. The van der Waals surface area contributed by atoms with Gasteiger partial charge in [0, 0.05) is 17.9 Å². The zero-order chi connectivity index (χ0) is 12.9. The summed E-state index contributed by atoms with van der Waals surface area (Å²) in [5, 5.41) is 0. The summed E-state index contributed by atoms with van der Waals surface area (Å²) >= 11 is 0. The van der Waals surface area contributed by atoms with Gasteiger partial charge >= 0.3 is 0 Å². The van der Waals surface area contributed by atoms with Gasteiger partial charge in [-0.2, -0.15) is 0 Å². The van der Waals surface area contributed by atoms with Crippen LogP contribution in [-0.2, 0) is 10.2 Å². The fraction of sp³-hybridized carbons (Fsp3) is 0.562. The second kappa shape index (κ2) is 3.84. The van der Waals surface area contributed by atoms with E-state index in [1.807, 2.05) is 0 Å². The third-order valence-corrected chi connectivity index (χ3v) is 4.51. The molecule has 0 unspecified atom stereocenters. The molecule has 0 N–H and O–H groups in total. The minimum absolute atomic E-state index is 0.0291. The molecule has 18 heavy (non-hydrogen) atoms. The van der Waals surface area contributed by atoms with Crippen LogP contribution in [0.25, 0.3) is 0 Å². The molecule has 1 aliphatic carbocycles. The maximum atomic E-state index is 12.5. The van der Waals surface area contributed by atoms with Crippen LogP contribution in [0.1, 0.15) is 50.7 Å². The van der Waals surface area contributed by atoms with E-state index < -0.39 is 0 Å². The van der Waals surface area contributed by atoms with E-state index in [2.05, 4.69) is 43.9 Å². The Morgan fingerprint density at radius 3 is 2.61 bits per heavy atom. The van der Waals surface area contributed by atoms with Crippen molar-refractivity contribution >= 4 is 11.6 Å². The van der Waals surface area contributed by atoms with Crippen molar-refractivity contribution in [1.82, 2.24) is 0 Å². The zero-order valence-corrected chi connectivity index (χ0v) is 11.5. The molecule has 2 heteroatoms. The van der Waals surface area contributed by atoms with Crippen molar-refractivity contribution < 1.29 is 4.79 Å². The molecule has 0 aromatic heterocycles. The number of benzene rings is 1.